The number of nitrogens with zero attached hydrogens (tertiary/aromatic N) is 5. The van der Waals surface area contributed by atoms with Gasteiger partial charge in [0.1, 0.15) is 33.9 Å². The van der Waals surface area contributed by atoms with Crippen molar-refractivity contribution in [2.24, 2.45) is 0 Å². The highest BCUT2D eigenvalue weighted by atomic mass is 32.2. The fourth-order valence-corrected chi connectivity index (χ4v) is 4.21. The minimum absolute atomic E-state index is 0.0309. The van der Waals surface area contributed by atoms with Crippen molar-refractivity contribution < 1.29 is 14.8 Å². The summed E-state index contributed by atoms with van der Waals surface area (Å²) in [6.45, 7) is 1.63. The Morgan fingerprint density at radius 3 is 2.68 bits per heavy atom. The Morgan fingerprint density at radius 2 is 1.96 bits per heavy atom. The summed E-state index contributed by atoms with van der Waals surface area (Å²) in [5.41, 5.74) is 1.25. The zero-order chi connectivity index (χ0) is 17.6. The lowest BCUT2D eigenvalue weighted by atomic mass is 10.3. The highest BCUT2D eigenvalue weighted by molar-refractivity contribution is 7.99. The third-order valence-corrected chi connectivity index (χ3v) is 5.87. The third kappa shape index (κ3) is 4.42. The van der Waals surface area contributed by atoms with Crippen molar-refractivity contribution >= 4 is 45.7 Å². The van der Waals surface area contributed by atoms with Crippen LogP contribution in [0.25, 0.3) is 11.0 Å². The number of nitrogens with one attached hydrogen (secondary N) is 1. The molecule has 11 heteroatoms. The number of aliphatic hydroxyl groups excluding tert-OH is 2. The van der Waals surface area contributed by atoms with Gasteiger partial charge in [0.15, 0.2) is 5.82 Å². The highest BCUT2D eigenvalue weighted by Gasteiger charge is 2.24. The molecule has 1 saturated heterocycles. The Kier molecular flexibility index (Phi) is 6.48. The topological polar surface area (TPSA) is 130 Å². The number of thioether (sulfide) groups is 1. The molecule has 0 saturated carbocycles. The summed E-state index contributed by atoms with van der Waals surface area (Å²) in [6.07, 6.45) is 1.47. The maximum absolute atomic E-state index is 11.6. The molecule has 1 fully saturated rings. The lowest BCUT2D eigenvalue weighted by Gasteiger charge is -2.29. The number of aromatic nitrogens is 4. The second kappa shape index (κ2) is 8.81. The van der Waals surface area contributed by atoms with Gasteiger partial charge in [0.05, 0.1) is 26.3 Å². The third-order valence-electron chi connectivity index (χ3n) is 3.63. The molecule has 0 unspecified atom stereocenters. The van der Waals surface area contributed by atoms with Crippen molar-refractivity contribution in [3.63, 3.8) is 0 Å². The smallest absolute Gasteiger partial charge is 0.225 e. The molecular weight excluding hydrogens is 364 g/mol. The minimum atomic E-state index is -0.786. The van der Waals surface area contributed by atoms with Crippen LogP contribution in [0.3, 0.4) is 0 Å². The van der Waals surface area contributed by atoms with Crippen LogP contribution in [0.1, 0.15) is 0 Å². The molecule has 3 heterocycles. The van der Waals surface area contributed by atoms with Gasteiger partial charge in [0, 0.05) is 12.3 Å². The predicted octanol–water partition coefficient (Wildman–Crippen LogP) is -0.523. The van der Waals surface area contributed by atoms with Gasteiger partial charge in [0.25, 0.3) is 0 Å². The van der Waals surface area contributed by atoms with Crippen molar-refractivity contribution in [2.45, 2.75) is 5.03 Å². The van der Waals surface area contributed by atoms with Crippen LogP contribution in [-0.2, 0) is 11.2 Å². The lowest BCUT2D eigenvalue weighted by molar-refractivity contribution is 0.311. The molecule has 0 atom stereocenters. The van der Waals surface area contributed by atoms with E-state index in [2.05, 4.69) is 30.2 Å². The molecule has 0 aromatic carbocycles. The number of hydrogen-bond acceptors (Lipinski definition) is 10. The standard InChI is InChI=1S/C14H20N6O3S2/c21-4-1-15-14-18-11-10(16-9-17-13(11)24-6-5-22)12(19-14)20-2-7-25(23)8-3-20/h9,21-22H,1-8H2,(H,15,18,19). The van der Waals surface area contributed by atoms with Crippen molar-refractivity contribution in [1.82, 2.24) is 19.9 Å². The molecule has 0 amide bonds. The molecule has 0 bridgehead atoms. The molecular formula is C14H20N6O3S2. The summed E-state index contributed by atoms with van der Waals surface area (Å²) in [7, 11) is 0. The molecule has 1 aliphatic heterocycles. The van der Waals surface area contributed by atoms with Crippen LogP contribution in [0.5, 0.6) is 0 Å². The summed E-state index contributed by atoms with van der Waals surface area (Å²) in [4.78, 5) is 19.7. The fraction of sp³-hybridized carbons (Fsp3) is 0.571. The molecule has 0 aliphatic carbocycles. The van der Waals surface area contributed by atoms with Gasteiger partial charge in [0.2, 0.25) is 5.95 Å². The van der Waals surface area contributed by atoms with Gasteiger partial charge in [-0.1, -0.05) is 11.2 Å². The van der Waals surface area contributed by atoms with Crippen molar-refractivity contribution in [1.29, 1.82) is 0 Å². The number of hydrogen-bond donors (Lipinski definition) is 3. The van der Waals surface area contributed by atoms with Crippen LogP contribution in [0.2, 0.25) is 0 Å². The number of fused-ring (bicyclic) bond motifs is 1. The fourth-order valence-electron chi connectivity index (χ4n) is 2.48. The van der Waals surface area contributed by atoms with Crippen LogP contribution in [0, 0.1) is 0 Å². The molecule has 136 valence electrons. The van der Waals surface area contributed by atoms with Crippen LogP contribution >= 0.6 is 11.8 Å². The molecule has 0 spiro atoms. The average Bonchev–Trinajstić information content (AvgIpc) is 2.64. The Balaban J connectivity index is 2.03. The molecule has 9 nitrogen and oxygen atoms in total. The predicted molar refractivity (Wildman–Crippen MR) is 98.6 cm³/mol. The van der Waals surface area contributed by atoms with Gasteiger partial charge in [-0.2, -0.15) is 4.98 Å². The van der Waals surface area contributed by atoms with E-state index in [4.69, 9.17) is 10.2 Å². The Bertz CT molecular complexity index is 714. The first-order chi connectivity index (χ1) is 12.2. The van der Waals surface area contributed by atoms with Crippen LogP contribution in [0.15, 0.2) is 11.4 Å². The normalized spacial score (nSPS) is 15.7. The van der Waals surface area contributed by atoms with Gasteiger partial charge < -0.3 is 25.0 Å². The van der Waals surface area contributed by atoms with E-state index in [1.807, 2.05) is 0 Å². The average molecular weight is 384 g/mol. The van der Waals surface area contributed by atoms with Crippen LogP contribution in [0.4, 0.5) is 11.8 Å². The van der Waals surface area contributed by atoms with E-state index in [9.17, 15) is 4.55 Å². The van der Waals surface area contributed by atoms with Gasteiger partial charge in [-0.3, -0.25) is 0 Å². The minimum Gasteiger partial charge on any atom is -0.616 e. The SMILES string of the molecule is [O-][S+]1CCN(c2nc(NCCO)nc3c(SCCO)ncnc23)CC1. The summed E-state index contributed by atoms with van der Waals surface area (Å²) < 4.78 is 11.6. The van der Waals surface area contributed by atoms with Crippen LogP contribution < -0.4 is 10.2 Å². The number of rotatable bonds is 7. The van der Waals surface area contributed by atoms with Gasteiger partial charge >= 0.3 is 0 Å². The first-order valence-corrected chi connectivity index (χ1v) is 10.4. The van der Waals surface area contributed by atoms with E-state index in [1.54, 1.807) is 0 Å². The Hall–Kier alpha value is -1.40. The lowest BCUT2D eigenvalue weighted by Crippen LogP contribution is -2.41. The van der Waals surface area contributed by atoms with Crippen LogP contribution in [-0.4, -0.2) is 84.8 Å². The summed E-state index contributed by atoms with van der Waals surface area (Å²) in [5, 5.41) is 21.8. The van der Waals surface area contributed by atoms with E-state index in [0.29, 0.717) is 64.7 Å². The zero-order valence-electron chi connectivity index (χ0n) is 13.6. The van der Waals surface area contributed by atoms with Gasteiger partial charge in [-0.15, -0.1) is 11.8 Å². The first-order valence-electron chi connectivity index (χ1n) is 7.94. The number of anilines is 2. The van der Waals surface area contributed by atoms with Crippen molar-refractivity contribution in [3.8, 4) is 0 Å². The molecule has 3 N–H and O–H groups in total. The second-order valence-electron chi connectivity index (χ2n) is 5.30. The van der Waals surface area contributed by atoms with E-state index in [1.165, 1.54) is 18.1 Å². The quantitative estimate of drug-likeness (QED) is 0.325. The maximum atomic E-state index is 11.6. The number of aliphatic hydroxyl groups is 2. The van der Waals surface area contributed by atoms with Crippen molar-refractivity contribution in [3.05, 3.63) is 6.33 Å². The Labute approximate surface area is 152 Å². The summed E-state index contributed by atoms with van der Waals surface area (Å²) >= 11 is 0.617. The first kappa shape index (κ1) is 18.4. The summed E-state index contributed by atoms with van der Waals surface area (Å²) in [6, 6.07) is 0. The maximum Gasteiger partial charge on any atom is 0.225 e. The molecule has 25 heavy (non-hydrogen) atoms. The molecule has 0 radical (unpaired) electrons. The molecule has 2 aromatic rings. The monoisotopic (exact) mass is 384 g/mol. The largest absolute Gasteiger partial charge is 0.616 e. The zero-order valence-corrected chi connectivity index (χ0v) is 15.2. The highest BCUT2D eigenvalue weighted by Crippen LogP contribution is 2.30. The molecule has 3 rings (SSSR count). The molecule has 1 aliphatic rings. The van der Waals surface area contributed by atoms with E-state index in [0.717, 1.165) is 0 Å². The second-order valence-corrected chi connectivity index (χ2v) is 8.08. The van der Waals surface area contributed by atoms with Crippen molar-refractivity contribution in [2.75, 3.05) is 60.3 Å². The Morgan fingerprint density at radius 1 is 1.16 bits per heavy atom. The van der Waals surface area contributed by atoms with E-state index < -0.39 is 11.2 Å². The summed E-state index contributed by atoms with van der Waals surface area (Å²) in [5.74, 6) is 2.77. The van der Waals surface area contributed by atoms with Gasteiger partial charge in [-0.25, -0.2) is 15.0 Å². The van der Waals surface area contributed by atoms with E-state index >= 15 is 0 Å². The van der Waals surface area contributed by atoms with Gasteiger partial charge in [-0.05, 0) is 0 Å². The van der Waals surface area contributed by atoms with E-state index in [-0.39, 0.29) is 13.2 Å². The molecule has 2 aromatic heterocycles.